The molecule has 0 saturated heterocycles. The number of benzene rings is 2. The Balaban J connectivity index is 1.94. The zero-order chi connectivity index (χ0) is 13.1. The second-order valence-corrected chi connectivity index (χ2v) is 4.11. The largest absolute Gasteiger partial charge is 0.403 e. The number of hydrogen-bond acceptors (Lipinski definition) is 3. The highest BCUT2D eigenvalue weighted by molar-refractivity contribution is 6.45. The lowest BCUT2D eigenvalue weighted by Gasteiger charge is -1.95. The van der Waals surface area contributed by atoms with Crippen LogP contribution in [0.25, 0.3) is 6.08 Å². The van der Waals surface area contributed by atoms with E-state index in [0.717, 1.165) is 11.1 Å². The van der Waals surface area contributed by atoms with E-state index in [1.165, 1.54) is 0 Å². The van der Waals surface area contributed by atoms with Crippen molar-refractivity contribution >= 4 is 17.8 Å². The first kappa shape index (κ1) is 11.4. The van der Waals surface area contributed by atoms with Crippen molar-refractivity contribution in [3.05, 3.63) is 77.7 Å². The van der Waals surface area contributed by atoms with Crippen molar-refractivity contribution in [1.82, 2.24) is 0 Å². The van der Waals surface area contributed by atoms with Gasteiger partial charge in [-0.3, -0.25) is 0 Å². The highest BCUT2D eigenvalue weighted by Gasteiger charge is 2.24. The molecule has 0 saturated carbocycles. The van der Waals surface area contributed by atoms with E-state index < -0.39 is 5.97 Å². The molecule has 0 unspecified atom stereocenters. The molecule has 3 nitrogen and oxygen atoms in total. The van der Waals surface area contributed by atoms with E-state index in [1.807, 2.05) is 60.7 Å². The number of hydrogen-bond donors (Lipinski definition) is 0. The van der Waals surface area contributed by atoms with Crippen LogP contribution in [-0.4, -0.2) is 11.7 Å². The molecule has 0 aromatic heterocycles. The zero-order valence-electron chi connectivity index (χ0n) is 10.1. The van der Waals surface area contributed by atoms with Gasteiger partial charge in [0, 0.05) is 11.6 Å². The molecule has 3 rings (SSSR count). The first-order valence-electron chi connectivity index (χ1n) is 5.96. The molecular formula is C16H11NO2. The summed E-state index contributed by atoms with van der Waals surface area (Å²) in [5.41, 5.74) is 2.06. The van der Waals surface area contributed by atoms with Gasteiger partial charge in [-0.05, 0) is 5.56 Å². The monoisotopic (exact) mass is 249 g/mol. The standard InChI is InChI=1S/C16H11NO2/c18-16-15(13-9-5-2-6-10-13)17-14(19-16)11-12-7-3-1-4-8-12/h1-11H/b14-11+. The van der Waals surface area contributed by atoms with Crippen molar-refractivity contribution in [2.75, 3.05) is 0 Å². The number of cyclic esters (lactones) is 1. The Hall–Kier alpha value is -2.68. The minimum atomic E-state index is -0.409. The Morgan fingerprint density at radius 3 is 2.21 bits per heavy atom. The van der Waals surface area contributed by atoms with Gasteiger partial charge in [-0.2, -0.15) is 0 Å². The summed E-state index contributed by atoms with van der Waals surface area (Å²) >= 11 is 0. The van der Waals surface area contributed by atoms with Gasteiger partial charge in [0.25, 0.3) is 0 Å². The fourth-order valence-corrected chi connectivity index (χ4v) is 1.85. The van der Waals surface area contributed by atoms with Crippen molar-refractivity contribution in [3.63, 3.8) is 0 Å². The van der Waals surface area contributed by atoms with Gasteiger partial charge >= 0.3 is 5.97 Å². The number of aliphatic imine (C=N–C) groups is 1. The van der Waals surface area contributed by atoms with Crippen molar-refractivity contribution in [2.45, 2.75) is 0 Å². The van der Waals surface area contributed by atoms with Crippen LogP contribution in [0.4, 0.5) is 0 Å². The lowest BCUT2D eigenvalue weighted by molar-refractivity contribution is -0.130. The van der Waals surface area contributed by atoms with Gasteiger partial charge < -0.3 is 4.74 Å². The summed E-state index contributed by atoms with van der Waals surface area (Å²) < 4.78 is 5.15. The van der Waals surface area contributed by atoms with Crippen LogP contribution in [0.15, 0.2) is 71.5 Å². The zero-order valence-corrected chi connectivity index (χ0v) is 10.1. The van der Waals surface area contributed by atoms with E-state index in [-0.39, 0.29) is 0 Å². The van der Waals surface area contributed by atoms with Gasteiger partial charge in [-0.25, -0.2) is 9.79 Å². The lowest BCUT2D eigenvalue weighted by atomic mass is 10.1. The molecule has 92 valence electrons. The van der Waals surface area contributed by atoms with E-state index in [4.69, 9.17) is 4.74 Å². The molecule has 0 spiro atoms. The van der Waals surface area contributed by atoms with Crippen LogP contribution in [-0.2, 0) is 9.53 Å². The summed E-state index contributed by atoms with van der Waals surface area (Å²) in [6.07, 6.45) is 1.74. The molecule has 0 radical (unpaired) electrons. The van der Waals surface area contributed by atoms with Crippen LogP contribution in [0, 0.1) is 0 Å². The summed E-state index contributed by atoms with van der Waals surface area (Å²) in [5, 5.41) is 0. The van der Waals surface area contributed by atoms with Gasteiger partial charge in [-0.15, -0.1) is 0 Å². The molecule has 1 aliphatic heterocycles. The number of esters is 1. The van der Waals surface area contributed by atoms with E-state index >= 15 is 0 Å². The molecule has 0 N–H and O–H groups in total. The average molecular weight is 249 g/mol. The van der Waals surface area contributed by atoms with E-state index in [1.54, 1.807) is 6.08 Å². The molecule has 0 atom stereocenters. The fraction of sp³-hybridized carbons (Fsp3) is 0. The average Bonchev–Trinajstić information content (AvgIpc) is 2.82. The first-order valence-corrected chi connectivity index (χ1v) is 5.96. The van der Waals surface area contributed by atoms with E-state index in [2.05, 4.69) is 4.99 Å². The number of carbonyl (C=O) groups excluding carboxylic acids is 1. The van der Waals surface area contributed by atoms with Gasteiger partial charge in [0.2, 0.25) is 5.88 Å². The maximum atomic E-state index is 11.8. The summed E-state index contributed by atoms with van der Waals surface area (Å²) in [7, 11) is 0. The lowest BCUT2D eigenvalue weighted by Crippen LogP contribution is -2.10. The molecule has 1 aliphatic rings. The second-order valence-electron chi connectivity index (χ2n) is 4.11. The SMILES string of the molecule is O=C1O/C(=C/c2ccccc2)N=C1c1ccccc1. The van der Waals surface area contributed by atoms with E-state index in [0.29, 0.717) is 11.6 Å². The Bertz CT molecular complexity index is 658. The van der Waals surface area contributed by atoms with Crippen molar-refractivity contribution in [1.29, 1.82) is 0 Å². The minimum Gasteiger partial charge on any atom is -0.403 e. The molecular weight excluding hydrogens is 238 g/mol. The quantitative estimate of drug-likeness (QED) is 0.767. The molecule has 0 fully saturated rings. The van der Waals surface area contributed by atoms with Gasteiger partial charge in [0.05, 0.1) is 0 Å². The predicted octanol–water partition coefficient (Wildman–Crippen LogP) is 3.03. The Kier molecular flexibility index (Phi) is 2.94. The predicted molar refractivity (Wildman–Crippen MR) is 73.5 cm³/mol. The van der Waals surface area contributed by atoms with Crippen LogP contribution in [0.1, 0.15) is 11.1 Å². The van der Waals surface area contributed by atoms with Gasteiger partial charge in [-0.1, -0.05) is 60.7 Å². The van der Waals surface area contributed by atoms with Crippen LogP contribution in [0.5, 0.6) is 0 Å². The van der Waals surface area contributed by atoms with Crippen molar-refractivity contribution in [3.8, 4) is 0 Å². The molecule has 0 aliphatic carbocycles. The number of nitrogens with zero attached hydrogens (tertiary/aromatic N) is 1. The molecule has 0 amide bonds. The highest BCUT2D eigenvalue weighted by atomic mass is 16.6. The van der Waals surface area contributed by atoms with Crippen molar-refractivity contribution < 1.29 is 9.53 Å². The summed E-state index contributed by atoms with van der Waals surface area (Å²) in [4.78, 5) is 16.0. The topological polar surface area (TPSA) is 38.7 Å². The van der Waals surface area contributed by atoms with Crippen LogP contribution in [0.2, 0.25) is 0 Å². The highest BCUT2D eigenvalue weighted by Crippen LogP contribution is 2.18. The smallest absolute Gasteiger partial charge is 0.364 e. The van der Waals surface area contributed by atoms with Gasteiger partial charge in [0.1, 0.15) is 0 Å². The summed E-state index contributed by atoms with van der Waals surface area (Å²) in [6.45, 7) is 0. The van der Waals surface area contributed by atoms with E-state index in [9.17, 15) is 4.79 Å². The van der Waals surface area contributed by atoms with Crippen LogP contribution in [0.3, 0.4) is 0 Å². The van der Waals surface area contributed by atoms with Crippen LogP contribution >= 0.6 is 0 Å². The van der Waals surface area contributed by atoms with Gasteiger partial charge in [0.15, 0.2) is 5.71 Å². The number of ether oxygens (including phenoxy) is 1. The normalized spacial score (nSPS) is 16.3. The Labute approximate surface area is 110 Å². The maximum Gasteiger partial charge on any atom is 0.364 e. The maximum absolute atomic E-state index is 11.8. The third kappa shape index (κ3) is 2.45. The molecule has 19 heavy (non-hydrogen) atoms. The molecule has 3 heteroatoms. The summed E-state index contributed by atoms with van der Waals surface area (Å²) in [6, 6.07) is 18.9. The summed E-state index contributed by atoms with van der Waals surface area (Å²) in [5.74, 6) is -0.0802. The Morgan fingerprint density at radius 1 is 0.895 bits per heavy atom. The molecule has 2 aromatic rings. The fourth-order valence-electron chi connectivity index (χ4n) is 1.85. The second kappa shape index (κ2) is 4.90. The first-order chi connectivity index (χ1) is 9.33. The minimum absolute atomic E-state index is 0.329. The third-order valence-electron chi connectivity index (χ3n) is 2.75. The van der Waals surface area contributed by atoms with Crippen LogP contribution < -0.4 is 0 Å². The van der Waals surface area contributed by atoms with Crippen molar-refractivity contribution in [2.24, 2.45) is 4.99 Å². The number of carbonyl (C=O) groups is 1. The third-order valence-corrected chi connectivity index (χ3v) is 2.75. The molecule has 2 aromatic carbocycles. The number of rotatable bonds is 2. The molecule has 0 bridgehead atoms. The molecule has 1 heterocycles. The Morgan fingerprint density at radius 2 is 1.53 bits per heavy atom.